The van der Waals surface area contributed by atoms with Crippen LogP contribution in [-0.2, 0) is 9.53 Å². The number of nitrogens with zero attached hydrogens (tertiary/aromatic N) is 2. The van der Waals surface area contributed by atoms with E-state index in [4.69, 9.17) is 32.7 Å². The van der Waals surface area contributed by atoms with E-state index in [1.54, 1.807) is 47.4 Å². The molecular formula is C25H28Cl2N2O4. The fourth-order valence-corrected chi connectivity index (χ4v) is 4.65. The Hall–Kier alpha value is -2.28. The summed E-state index contributed by atoms with van der Waals surface area (Å²) in [7, 11) is 0. The van der Waals surface area contributed by atoms with E-state index in [1.807, 2.05) is 11.0 Å². The number of amides is 2. The maximum absolute atomic E-state index is 13.2. The van der Waals surface area contributed by atoms with Crippen LogP contribution in [0.25, 0.3) is 0 Å². The van der Waals surface area contributed by atoms with E-state index in [-0.39, 0.29) is 31.4 Å². The molecule has 2 aliphatic rings. The first-order valence-electron chi connectivity index (χ1n) is 11.3. The molecule has 6 nitrogen and oxygen atoms in total. The number of hydrogen-bond donors (Lipinski definition) is 0. The minimum atomic E-state index is -0.947. The van der Waals surface area contributed by atoms with Crippen molar-refractivity contribution in [3.8, 4) is 5.75 Å². The Kier molecular flexibility index (Phi) is 7.78. The zero-order valence-electron chi connectivity index (χ0n) is 18.5. The molecule has 0 bridgehead atoms. The Bertz CT molecular complexity index is 979. The number of morpholine rings is 1. The predicted molar refractivity (Wildman–Crippen MR) is 128 cm³/mol. The lowest BCUT2D eigenvalue weighted by molar-refractivity contribution is -0.153. The van der Waals surface area contributed by atoms with Crippen molar-refractivity contribution in [1.82, 2.24) is 9.80 Å². The molecule has 33 heavy (non-hydrogen) atoms. The second-order valence-electron chi connectivity index (χ2n) is 8.63. The molecule has 0 saturated carbocycles. The third kappa shape index (κ3) is 6.19. The number of benzene rings is 2. The third-order valence-corrected chi connectivity index (χ3v) is 6.59. The first-order valence-corrected chi connectivity index (χ1v) is 12.0. The fourth-order valence-electron chi connectivity index (χ4n) is 4.34. The Balaban J connectivity index is 1.53. The molecule has 2 aromatic rings. The van der Waals surface area contributed by atoms with Crippen LogP contribution < -0.4 is 4.74 Å². The van der Waals surface area contributed by atoms with Crippen LogP contribution in [0.5, 0.6) is 5.75 Å². The predicted octanol–water partition coefficient (Wildman–Crippen LogP) is 4.69. The average Bonchev–Trinajstić information content (AvgIpc) is 2.84. The van der Waals surface area contributed by atoms with Crippen molar-refractivity contribution in [2.24, 2.45) is 0 Å². The third-order valence-electron chi connectivity index (χ3n) is 6.11. The van der Waals surface area contributed by atoms with Crippen LogP contribution in [0.4, 0.5) is 0 Å². The minimum Gasteiger partial charge on any atom is -0.490 e. The molecule has 2 fully saturated rings. The number of hydrogen-bond acceptors (Lipinski definition) is 4. The SMILES string of the molecule is O=C(C[C@]1(COc2cccc(Cl)c2)CN(C(=O)c2ccc(Cl)cc2)CCO1)N1CCCCC1. The van der Waals surface area contributed by atoms with Crippen LogP contribution in [0.1, 0.15) is 36.0 Å². The summed E-state index contributed by atoms with van der Waals surface area (Å²) in [5.41, 5.74) is -0.398. The lowest BCUT2D eigenvalue weighted by Crippen LogP contribution is -2.58. The molecular weight excluding hydrogens is 463 g/mol. The van der Waals surface area contributed by atoms with Gasteiger partial charge in [-0.15, -0.1) is 0 Å². The standard InChI is InChI=1S/C25H28Cl2N2O4/c26-20-9-7-19(8-10-20)24(31)29-13-14-33-25(17-29,16-23(30)28-11-2-1-3-12-28)18-32-22-6-4-5-21(27)15-22/h4-10,15H,1-3,11-14,16-18H2/t25-/m1/s1. The molecule has 8 heteroatoms. The Labute approximate surface area is 204 Å². The highest BCUT2D eigenvalue weighted by Gasteiger charge is 2.42. The van der Waals surface area contributed by atoms with E-state index in [0.717, 1.165) is 32.4 Å². The van der Waals surface area contributed by atoms with Gasteiger partial charge < -0.3 is 19.3 Å². The maximum Gasteiger partial charge on any atom is 0.254 e. The number of ether oxygens (including phenoxy) is 2. The Morgan fingerprint density at radius 3 is 2.42 bits per heavy atom. The van der Waals surface area contributed by atoms with Gasteiger partial charge in [-0.3, -0.25) is 9.59 Å². The van der Waals surface area contributed by atoms with Gasteiger partial charge in [0.15, 0.2) is 0 Å². The van der Waals surface area contributed by atoms with Crippen molar-refractivity contribution < 1.29 is 19.1 Å². The lowest BCUT2D eigenvalue weighted by atomic mass is 9.95. The van der Waals surface area contributed by atoms with Gasteiger partial charge in [0.05, 0.1) is 19.6 Å². The summed E-state index contributed by atoms with van der Waals surface area (Å²) >= 11 is 12.1. The average molecular weight is 491 g/mol. The molecule has 2 aromatic carbocycles. The first kappa shape index (κ1) is 23.9. The Morgan fingerprint density at radius 2 is 1.70 bits per heavy atom. The number of rotatable bonds is 6. The van der Waals surface area contributed by atoms with Gasteiger partial charge in [0, 0.05) is 35.2 Å². The molecule has 1 atom stereocenters. The quantitative estimate of drug-likeness (QED) is 0.589. The molecule has 0 spiro atoms. The van der Waals surface area contributed by atoms with E-state index in [1.165, 1.54) is 0 Å². The van der Waals surface area contributed by atoms with Gasteiger partial charge in [0.2, 0.25) is 5.91 Å². The molecule has 2 saturated heterocycles. The Morgan fingerprint density at radius 1 is 0.939 bits per heavy atom. The van der Waals surface area contributed by atoms with Gasteiger partial charge in [-0.2, -0.15) is 0 Å². The van der Waals surface area contributed by atoms with Gasteiger partial charge in [0.1, 0.15) is 18.0 Å². The summed E-state index contributed by atoms with van der Waals surface area (Å²) in [6.07, 6.45) is 3.32. The highest BCUT2D eigenvalue weighted by molar-refractivity contribution is 6.31. The van der Waals surface area contributed by atoms with Crippen molar-refractivity contribution >= 4 is 35.0 Å². The van der Waals surface area contributed by atoms with Crippen molar-refractivity contribution in [2.45, 2.75) is 31.3 Å². The van der Waals surface area contributed by atoms with Crippen LogP contribution in [0, 0.1) is 0 Å². The van der Waals surface area contributed by atoms with Crippen molar-refractivity contribution in [2.75, 3.05) is 39.4 Å². The highest BCUT2D eigenvalue weighted by Crippen LogP contribution is 2.28. The molecule has 0 N–H and O–H groups in total. The van der Waals surface area contributed by atoms with Gasteiger partial charge in [-0.1, -0.05) is 29.3 Å². The van der Waals surface area contributed by atoms with Gasteiger partial charge in [-0.05, 0) is 61.7 Å². The zero-order valence-corrected chi connectivity index (χ0v) is 20.0. The monoisotopic (exact) mass is 490 g/mol. The molecule has 176 valence electrons. The summed E-state index contributed by atoms with van der Waals surface area (Å²) in [4.78, 5) is 30.0. The van der Waals surface area contributed by atoms with Crippen molar-refractivity contribution in [3.05, 3.63) is 64.1 Å². The van der Waals surface area contributed by atoms with Gasteiger partial charge in [0.25, 0.3) is 5.91 Å². The van der Waals surface area contributed by atoms with Crippen LogP contribution in [0.15, 0.2) is 48.5 Å². The normalized spacial score (nSPS) is 21.0. The number of carbonyl (C=O) groups is 2. The van der Waals surface area contributed by atoms with E-state index in [0.29, 0.717) is 34.5 Å². The second kappa shape index (κ2) is 10.8. The summed E-state index contributed by atoms with van der Waals surface area (Å²) in [6, 6.07) is 13.9. The minimum absolute atomic E-state index is 0.0326. The van der Waals surface area contributed by atoms with Crippen LogP contribution in [-0.4, -0.2) is 66.6 Å². The largest absolute Gasteiger partial charge is 0.490 e. The molecule has 2 heterocycles. The maximum atomic E-state index is 13.2. The number of likely N-dealkylation sites (tertiary alicyclic amines) is 1. The smallest absolute Gasteiger partial charge is 0.254 e. The zero-order chi connectivity index (χ0) is 23.3. The summed E-state index contributed by atoms with van der Waals surface area (Å²) in [6.45, 7) is 2.69. The molecule has 0 aliphatic carbocycles. The van der Waals surface area contributed by atoms with E-state index < -0.39 is 5.60 Å². The van der Waals surface area contributed by atoms with Crippen molar-refractivity contribution in [3.63, 3.8) is 0 Å². The topological polar surface area (TPSA) is 59.1 Å². The summed E-state index contributed by atoms with van der Waals surface area (Å²) in [5, 5.41) is 1.14. The molecule has 4 rings (SSSR count). The molecule has 2 amide bonds. The number of piperidine rings is 1. The highest BCUT2D eigenvalue weighted by atomic mass is 35.5. The fraction of sp³-hybridized carbons (Fsp3) is 0.440. The van der Waals surface area contributed by atoms with E-state index in [9.17, 15) is 9.59 Å². The lowest BCUT2D eigenvalue weighted by Gasteiger charge is -2.43. The van der Waals surface area contributed by atoms with Crippen molar-refractivity contribution in [1.29, 1.82) is 0 Å². The van der Waals surface area contributed by atoms with E-state index >= 15 is 0 Å². The van der Waals surface area contributed by atoms with Crippen LogP contribution in [0.2, 0.25) is 10.0 Å². The van der Waals surface area contributed by atoms with Gasteiger partial charge in [-0.25, -0.2) is 0 Å². The summed E-state index contributed by atoms with van der Waals surface area (Å²) < 4.78 is 12.2. The number of halogens is 2. The summed E-state index contributed by atoms with van der Waals surface area (Å²) in [5.74, 6) is 0.509. The second-order valence-corrected chi connectivity index (χ2v) is 9.50. The molecule has 2 aliphatic heterocycles. The molecule has 0 unspecified atom stereocenters. The number of carbonyl (C=O) groups excluding carboxylic acids is 2. The van der Waals surface area contributed by atoms with Gasteiger partial charge >= 0.3 is 0 Å². The van der Waals surface area contributed by atoms with E-state index in [2.05, 4.69) is 0 Å². The molecule has 0 radical (unpaired) electrons. The first-order chi connectivity index (χ1) is 15.9. The van der Waals surface area contributed by atoms with Crippen LogP contribution in [0.3, 0.4) is 0 Å². The van der Waals surface area contributed by atoms with Crippen LogP contribution >= 0.6 is 23.2 Å². The molecule has 0 aromatic heterocycles.